The number of benzene rings is 2. The second-order valence-corrected chi connectivity index (χ2v) is 11.5. The first-order chi connectivity index (χ1) is 14.1. The van der Waals surface area contributed by atoms with Crippen LogP contribution in [-0.4, -0.2) is 16.5 Å². The number of hydrogen-bond acceptors (Lipinski definition) is 2. The molecule has 0 radical (unpaired) electrons. The molecular formula is C24H27N2O2P. The molecule has 0 saturated heterocycles. The van der Waals surface area contributed by atoms with Crippen molar-refractivity contribution in [3.63, 3.8) is 0 Å². The number of carbonyl (C=O) groups excluding carboxylic acids is 2. The van der Waals surface area contributed by atoms with Gasteiger partial charge in [-0.25, -0.2) is 0 Å². The van der Waals surface area contributed by atoms with Crippen molar-refractivity contribution < 1.29 is 9.59 Å². The fraction of sp³-hybridized carbons (Fsp3) is 0.417. The lowest BCUT2D eigenvalue weighted by molar-refractivity contribution is 0.0363. The van der Waals surface area contributed by atoms with Crippen LogP contribution in [0.4, 0.5) is 21.0 Å². The van der Waals surface area contributed by atoms with E-state index in [1.54, 1.807) is 0 Å². The Morgan fingerprint density at radius 3 is 1.45 bits per heavy atom. The summed E-state index contributed by atoms with van der Waals surface area (Å²) in [6, 6.07) is 19.1. The molecule has 0 unspecified atom stereocenters. The summed E-state index contributed by atoms with van der Waals surface area (Å²) in [5.74, 6) is 2.08. The minimum Gasteiger partial charge on any atom is -0.322 e. The van der Waals surface area contributed by atoms with E-state index in [-0.39, 0.29) is 16.5 Å². The number of hydrogen-bond donors (Lipinski definition) is 2. The van der Waals surface area contributed by atoms with Gasteiger partial charge in [0.1, 0.15) is 0 Å². The molecule has 2 aromatic carbocycles. The smallest absolute Gasteiger partial charge is 0.255 e. The van der Waals surface area contributed by atoms with Crippen molar-refractivity contribution in [3.8, 4) is 0 Å². The number of carbonyl (C=O) groups is 2. The van der Waals surface area contributed by atoms with Gasteiger partial charge < -0.3 is 10.6 Å². The van der Waals surface area contributed by atoms with Gasteiger partial charge in [-0.2, -0.15) is 0 Å². The summed E-state index contributed by atoms with van der Waals surface area (Å²) in [6.07, 6.45) is 6.99. The lowest BCUT2D eigenvalue weighted by atomic mass is 9.56. The molecule has 4 nitrogen and oxygen atoms in total. The zero-order chi connectivity index (χ0) is 19.8. The van der Waals surface area contributed by atoms with Crippen molar-refractivity contribution in [2.75, 3.05) is 10.6 Å². The standard InChI is InChI=1S/C24H27N2O2P/c27-22(25-20-7-3-1-4-8-20)29(23(28)26-21-9-5-2-6-10-21)24-14-17-11-18(15-24)13-19(12-17)16-24/h1-10,17-19H,11-16H2,(H,25,27)(H,26,28). The van der Waals surface area contributed by atoms with Gasteiger partial charge in [-0.15, -0.1) is 0 Å². The van der Waals surface area contributed by atoms with Gasteiger partial charge in [0.25, 0.3) is 11.3 Å². The van der Waals surface area contributed by atoms with Crippen molar-refractivity contribution in [3.05, 3.63) is 60.7 Å². The van der Waals surface area contributed by atoms with E-state index in [4.69, 9.17) is 0 Å². The highest BCUT2D eigenvalue weighted by Crippen LogP contribution is 2.69. The van der Waals surface area contributed by atoms with Crippen LogP contribution in [0.5, 0.6) is 0 Å². The maximum atomic E-state index is 13.5. The first-order valence-electron chi connectivity index (χ1n) is 10.6. The fourth-order valence-electron chi connectivity index (χ4n) is 6.26. The van der Waals surface area contributed by atoms with Crippen molar-refractivity contribution in [2.24, 2.45) is 17.8 Å². The Kier molecular flexibility index (Phi) is 4.91. The van der Waals surface area contributed by atoms with Gasteiger partial charge in [-0.1, -0.05) is 36.4 Å². The van der Waals surface area contributed by atoms with Crippen molar-refractivity contribution in [2.45, 2.75) is 43.7 Å². The number of amides is 2. The zero-order valence-corrected chi connectivity index (χ0v) is 17.4. The molecule has 2 N–H and O–H groups in total. The Morgan fingerprint density at radius 2 is 1.07 bits per heavy atom. The summed E-state index contributed by atoms with van der Waals surface area (Å²) < 4.78 is 0. The van der Waals surface area contributed by atoms with Crippen LogP contribution in [0.25, 0.3) is 0 Å². The van der Waals surface area contributed by atoms with Crippen molar-refractivity contribution in [1.29, 1.82) is 0 Å². The topological polar surface area (TPSA) is 58.2 Å². The molecule has 0 aliphatic heterocycles. The molecule has 0 spiro atoms. The zero-order valence-electron chi connectivity index (χ0n) is 16.5. The molecule has 4 saturated carbocycles. The normalized spacial score (nSPS) is 29.6. The molecule has 4 aliphatic carbocycles. The van der Waals surface area contributed by atoms with Crippen molar-refractivity contribution >= 4 is 30.6 Å². The Morgan fingerprint density at radius 1 is 0.690 bits per heavy atom. The number of anilines is 2. The minimum absolute atomic E-state index is 0.0958. The molecule has 2 amide bonds. The first kappa shape index (κ1) is 18.8. The van der Waals surface area contributed by atoms with E-state index < -0.39 is 7.92 Å². The second kappa shape index (κ2) is 7.57. The largest absolute Gasteiger partial charge is 0.322 e. The summed E-state index contributed by atoms with van der Waals surface area (Å²) >= 11 is 0. The van der Waals surface area contributed by atoms with E-state index in [9.17, 15) is 9.59 Å². The van der Waals surface area contributed by atoms with E-state index in [1.165, 1.54) is 19.3 Å². The summed E-state index contributed by atoms with van der Waals surface area (Å²) in [4.78, 5) is 27.0. The fourth-order valence-corrected chi connectivity index (χ4v) is 9.11. The van der Waals surface area contributed by atoms with Crippen LogP contribution in [0, 0.1) is 17.8 Å². The average Bonchev–Trinajstić information content (AvgIpc) is 2.68. The number of nitrogens with one attached hydrogen (secondary N) is 2. The third-order valence-corrected chi connectivity index (χ3v) is 9.47. The van der Waals surface area contributed by atoms with Crippen LogP contribution in [0.15, 0.2) is 60.7 Å². The average molecular weight is 406 g/mol. The second-order valence-electron chi connectivity index (χ2n) is 9.07. The molecule has 0 atom stereocenters. The molecular weight excluding hydrogens is 379 g/mol. The van der Waals surface area contributed by atoms with E-state index in [2.05, 4.69) is 10.6 Å². The third-order valence-electron chi connectivity index (χ3n) is 6.94. The van der Waals surface area contributed by atoms with Gasteiger partial charge in [0.05, 0.1) is 7.92 Å². The SMILES string of the molecule is O=C(Nc1ccccc1)P(C(=O)Nc1ccccc1)C12CC3CC(CC(C3)C1)C2. The quantitative estimate of drug-likeness (QED) is 0.531. The Balaban J connectivity index is 1.45. The van der Waals surface area contributed by atoms with Crippen LogP contribution >= 0.6 is 7.92 Å². The summed E-state index contributed by atoms with van der Waals surface area (Å²) in [5.41, 5.74) is 1.34. The van der Waals surface area contributed by atoms with Crippen LogP contribution in [-0.2, 0) is 0 Å². The van der Waals surface area contributed by atoms with E-state index >= 15 is 0 Å². The molecule has 6 rings (SSSR count). The molecule has 2 aromatic rings. The maximum absolute atomic E-state index is 13.5. The van der Waals surface area contributed by atoms with Gasteiger partial charge in [0.2, 0.25) is 0 Å². The van der Waals surface area contributed by atoms with Crippen molar-refractivity contribution in [1.82, 2.24) is 0 Å². The lowest BCUT2D eigenvalue weighted by Crippen LogP contribution is -2.51. The summed E-state index contributed by atoms with van der Waals surface area (Å²) in [7, 11) is -1.50. The summed E-state index contributed by atoms with van der Waals surface area (Å²) in [6.45, 7) is 0. The Bertz CT molecular complexity index is 811. The third kappa shape index (κ3) is 3.71. The Hall–Kier alpha value is -2.19. The molecule has 4 aliphatic rings. The molecule has 150 valence electrons. The first-order valence-corrected chi connectivity index (χ1v) is 12.0. The van der Waals surface area contributed by atoms with Gasteiger partial charge in [-0.05, 0) is 80.5 Å². The van der Waals surface area contributed by atoms with E-state index in [0.717, 1.165) is 30.6 Å². The van der Waals surface area contributed by atoms with Crippen LogP contribution in [0.3, 0.4) is 0 Å². The highest BCUT2D eigenvalue weighted by molar-refractivity contribution is 7.90. The monoisotopic (exact) mass is 406 g/mol. The number of para-hydroxylation sites is 2. The van der Waals surface area contributed by atoms with E-state index in [1.807, 2.05) is 60.7 Å². The molecule has 0 aromatic heterocycles. The van der Waals surface area contributed by atoms with Gasteiger partial charge >= 0.3 is 0 Å². The molecule has 0 heterocycles. The van der Waals surface area contributed by atoms with Crippen LogP contribution < -0.4 is 10.6 Å². The highest BCUT2D eigenvalue weighted by Gasteiger charge is 2.58. The van der Waals surface area contributed by atoms with Gasteiger partial charge in [-0.3, -0.25) is 9.59 Å². The molecule has 4 bridgehead atoms. The Labute approximate surface area is 173 Å². The molecule has 4 fully saturated rings. The molecule has 29 heavy (non-hydrogen) atoms. The van der Waals surface area contributed by atoms with E-state index in [0.29, 0.717) is 17.8 Å². The van der Waals surface area contributed by atoms with Crippen LogP contribution in [0.2, 0.25) is 0 Å². The maximum Gasteiger partial charge on any atom is 0.255 e. The minimum atomic E-state index is -1.50. The number of rotatable bonds is 5. The summed E-state index contributed by atoms with van der Waals surface area (Å²) in [5, 5.41) is 5.99. The van der Waals surface area contributed by atoms with Gasteiger partial charge in [0, 0.05) is 16.5 Å². The lowest BCUT2D eigenvalue weighted by Gasteiger charge is -2.58. The highest BCUT2D eigenvalue weighted by atomic mass is 31.1. The van der Waals surface area contributed by atoms with Crippen LogP contribution in [0.1, 0.15) is 38.5 Å². The predicted octanol–water partition coefficient (Wildman–Crippen LogP) is 6.90. The van der Waals surface area contributed by atoms with Gasteiger partial charge in [0.15, 0.2) is 0 Å². The predicted molar refractivity (Wildman–Crippen MR) is 119 cm³/mol. The molecule has 5 heteroatoms.